The van der Waals surface area contributed by atoms with Gasteiger partial charge in [-0.1, -0.05) is 0 Å². The molecule has 5 unspecified atom stereocenters. The van der Waals surface area contributed by atoms with Gasteiger partial charge in [-0.05, 0) is 13.8 Å². The molecule has 15 heavy (non-hydrogen) atoms. The average molecular weight is 220 g/mol. The Bertz CT molecular complexity index is 171. The fraction of sp³-hybridized carbons (Fsp3) is 1.00. The van der Waals surface area contributed by atoms with E-state index < -0.39 is 12.4 Å². The van der Waals surface area contributed by atoms with E-state index in [1.54, 1.807) is 7.11 Å². The van der Waals surface area contributed by atoms with E-state index in [0.29, 0.717) is 6.61 Å². The smallest absolute Gasteiger partial charge is 0.184 e. The van der Waals surface area contributed by atoms with Gasteiger partial charge < -0.3 is 24.1 Å². The lowest BCUT2D eigenvalue weighted by atomic mass is 9.99. The SMILES string of the molecule is CCOC1C(OC)C(C)OC(O)C1OC. The summed E-state index contributed by atoms with van der Waals surface area (Å²) in [5, 5.41) is 9.67. The zero-order valence-electron chi connectivity index (χ0n) is 9.67. The van der Waals surface area contributed by atoms with E-state index in [9.17, 15) is 5.11 Å². The Labute approximate surface area is 90.3 Å². The minimum absolute atomic E-state index is 0.215. The van der Waals surface area contributed by atoms with Gasteiger partial charge in [-0.25, -0.2) is 0 Å². The molecule has 5 heteroatoms. The summed E-state index contributed by atoms with van der Waals surface area (Å²) in [7, 11) is 3.12. The van der Waals surface area contributed by atoms with Gasteiger partial charge in [0.2, 0.25) is 0 Å². The fourth-order valence-corrected chi connectivity index (χ4v) is 1.95. The number of rotatable bonds is 4. The Kier molecular flexibility index (Phi) is 4.95. The highest BCUT2D eigenvalue weighted by Crippen LogP contribution is 2.25. The minimum atomic E-state index is -0.965. The molecule has 1 saturated heterocycles. The molecule has 0 saturated carbocycles. The number of aliphatic hydroxyl groups is 1. The first-order chi connectivity index (χ1) is 7.15. The van der Waals surface area contributed by atoms with Gasteiger partial charge in [-0.2, -0.15) is 0 Å². The van der Waals surface area contributed by atoms with Crippen molar-refractivity contribution in [1.29, 1.82) is 0 Å². The molecule has 5 atom stereocenters. The molecule has 1 aliphatic rings. The van der Waals surface area contributed by atoms with Crippen molar-refractivity contribution < 1.29 is 24.1 Å². The first kappa shape index (κ1) is 12.9. The Balaban J connectivity index is 2.77. The van der Waals surface area contributed by atoms with Gasteiger partial charge in [0.05, 0.1) is 6.10 Å². The molecule has 0 aromatic rings. The third-order valence-electron chi connectivity index (χ3n) is 2.65. The summed E-state index contributed by atoms with van der Waals surface area (Å²) in [6.07, 6.45) is -2.21. The number of methoxy groups -OCH3 is 2. The van der Waals surface area contributed by atoms with Gasteiger partial charge >= 0.3 is 0 Å². The van der Waals surface area contributed by atoms with Crippen LogP contribution in [0, 0.1) is 0 Å². The number of hydrogen-bond acceptors (Lipinski definition) is 5. The molecule has 0 radical (unpaired) electrons. The van der Waals surface area contributed by atoms with Crippen molar-refractivity contribution in [2.45, 2.75) is 44.6 Å². The van der Waals surface area contributed by atoms with Crippen LogP contribution in [0.25, 0.3) is 0 Å². The molecule has 0 aromatic heterocycles. The number of hydrogen-bond donors (Lipinski definition) is 1. The highest BCUT2D eigenvalue weighted by molar-refractivity contribution is 4.89. The molecule has 1 rings (SSSR count). The van der Waals surface area contributed by atoms with Crippen LogP contribution in [0.15, 0.2) is 0 Å². The van der Waals surface area contributed by atoms with E-state index in [-0.39, 0.29) is 18.3 Å². The Morgan fingerprint density at radius 3 is 2.20 bits per heavy atom. The highest BCUT2D eigenvalue weighted by atomic mass is 16.7. The Morgan fingerprint density at radius 2 is 1.73 bits per heavy atom. The largest absolute Gasteiger partial charge is 0.376 e. The van der Waals surface area contributed by atoms with Crippen LogP contribution in [0.5, 0.6) is 0 Å². The van der Waals surface area contributed by atoms with Crippen molar-refractivity contribution in [3.05, 3.63) is 0 Å². The maximum Gasteiger partial charge on any atom is 0.184 e. The van der Waals surface area contributed by atoms with E-state index in [1.165, 1.54) is 7.11 Å². The second-order valence-corrected chi connectivity index (χ2v) is 3.55. The second kappa shape index (κ2) is 5.77. The van der Waals surface area contributed by atoms with Crippen molar-refractivity contribution in [2.24, 2.45) is 0 Å². The summed E-state index contributed by atoms with van der Waals surface area (Å²) >= 11 is 0. The Hall–Kier alpha value is -0.200. The van der Waals surface area contributed by atoms with Crippen molar-refractivity contribution in [1.82, 2.24) is 0 Å². The van der Waals surface area contributed by atoms with Crippen LogP contribution < -0.4 is 0 Å². The minimum Gasteiger partial charge on any atom is -0.376 e. The maximum atomic E-state index is 9.67. The average Bonchev–Trinajstić information content (AvgIpc) is 2.18. The van der Waals surface area contributed by atoms with Gasteiger partial charge in [0, 0.05) is 20.8 Å². The molecule has 5 nitrogen and oxygen atoms in total. The summed E-state index contributed by atoms with van der Waals surface area (Å²) in [5.74, 6) is 0. The second-order valence-electron chi connectivity index (χ2n) is 3.55. The summed E-state index contributed by atoms with van der Waals surface area (Å²) in [6.45, 7) is 4.28. The summed E-state index contributed by atoms with van der Waals surface area (Å²) in [5.41, 5.74) is 0. The first-order valence-electron chi connectivity index (χ1n) is 5.16. The van der Waals surface area contributed by atoms with Crippen LogP contribution in [-0.4, -0.2) is 56.6 Å². The molecular formula is C10H20O5. The van der Waals surface area contributed by atoms with Crippen molar-refractivity contribution in [3.8, 4) is 0 Å². The maximum absolute atomic E-state index is 9.67. The lowest BCUT2D eigenvalue weighted by molar-refractivity contribution is -0.294. The number of ether oxygens (including phenoxy) is 4. The molecule has 0 aromatic carbocycles. The standard InChI is InChI=1S/C10H20O5/c1-5-14-8-7(12-3)6(2)15-10(11)9(8)13-4/h6-11H,5H2,1-4H3. The van der Waals surface area contributed by atoms with E-state index in [4.69, 9.17) is 18.9 Å². The third kappa shape index (κ3) is 2.68. The fourth-order valence-electron chi connectivity index (χ4n) is 1.95. The molecule has 0 bridgehead atoms. The molecule has 1 heterocycles. The van der Waals surface area contributed by atoms with Crippen LogP contribution in [0.3, 0.4) is 0 Å². The number of aliphatic hydroxyl groups excluding tert-OH is 1. The van der Waals surface area contributed by atoms with Crippen molar-refractivity contribution in [2.75, 3.05) is 20.8 Å². The van der Waals surface area contributed by atoms with Gasteiger partial charge in [-0.15, -0.1) is 0 Å². The molecule has 90 valence electrons. The van der Waals surface area contributed by atoms with Crippen LogP contribution in [-0.2, 0) is 18.9 Å². The molecule has 1 fully saturated rings. The van der Waals surface area contributed by atoms with E-state index in [1.807, 2.05) is 13.8 Å². The molecule has 1 aliphatic heterocycles. The van der Waals surface area contributed by atoms with E-state index in [0.717, 1.165) is 0 Å². The van der Waals surface area contributed by atoms with Gasteiger partial charge in [0.15, 0.2) is 6.29 Å². The Morgan fingerprint density at radius 1 is 1.13 bits per heavy atom. The molecule has 0 aliphatic carbocycles. The highest BCUT2D eigenvalue weighted by Gasteiger charge is 2.44. The zero-order valence-corrected chi connectivity index (χ0v) is 9.67. The van der Waals surface area contributed by atoms with Crippen LogP contribution in [0.2, 0.25) is 0 Å². The quantitative estimate of drug-likeness (QED) is 0.731. The normalized spacial score (nSPS) is 41.8. The van der Waals surface area contributed by atoms with Crippen LogP contribution >= 0.6 is 0 Å². The summed E-state index contributed by atoms with van der Waals surface area (Å²) in [4.78, 5) is 0. The summed E-state index contributed by atoms with van der Waals surface area (Å²) < 4.78 is 21.3. The van der Waals surface area contributed by atoms with Crippen molar-refractivity contribution >= 4 is 0 Å². The lowest BCUT2D eigenvalue weighted by Gasteiger charge is -2.42. The topological polar surface area (TPSA) is 57.2 Å². The van der Waals surface area contributed by atoms with Gasteiger partial charge in [0.1, 0.15) is 18.3 Å². The van der Waals surface area contributed by atoms with Crippen LogP contribution in [0.4, 0.5) is 0 Å². The zero-order chi connectivity index (χ0) is 11.4. The molecular weight excluding hydrogens is 200 g/mol. The molecule has 0 amide bonds. The monoisotopic (exact) mass is 220 g/mol. The lowest BCUT2D eigenvalue weighted by Crippen LogP contribution is -2.58. The van der Waals surface area contributed by atoms with Gasteiger partial charge in [0.25, 0.3) is 0 Å². The van der Waals surface area contributed by atoms with Crippen molar-refractivity contribution in [3.63, 3.8) is 0 Å². The predicted molar refractivity (Wildman–Crippen MR) is 53.6 cm³/mol. The van der Waals surface area contributed by atoms with Crippen LogP contribution in [0.1, 0.15) is 13.8 Å². The van der Waals surface area contributed by atoms with Gasteiger partial charge in [-0.3, -0.25) is 0 Å². The van der Waals surface area contributed by atoms with E-state index in [2.05, 4.69) is 0 Å². The first-order valence-corrected chi connectivity index (χ1v) is 5.16. The van der Waals surface area contributed by atoms with E-state index >= 15 is 0 Å². The molecule has 1 N–H and O–H groups in total. The third-order valence-corrected chi connectivity index (χ3v) is 2.65. The molecule has 0 spiro atoms. The predicted octanol–water partition coefficient (Wildman–Crippen LogP) is 0.159. The summed E-state index contributed by atoms with van der Waals surface area (Å²) in [6, 6.07) is 0.